The fraction of sp³-hybridized carbons (Fsp3) is 0.143. The van der Waals surface area contributed by atoms with E-state index in [1.54, 1.807) is 18.2 Å². The monoisotopic (exact) mass is 345 g/mol. The van der Waals surface area contributed by atoms with Crippen LogP contribution < -0.4 is 5.32 Å². The van der Waals surface area contributed by atoms with Crippen LogP contribution in [-0.4, -0.2) is 0 Å². The van der Waals surface area contributed by atoms with Crippen molar-refractivity contribution in [3.63, 3.8) is 0 Å². The summed E-state index contributed by atoms with van der Waals surface area (Å²) in [5.41, 5.74) is 1.07. The van der Waals surface area contributed by atoms with Crippen molar-refractivity contribution in [3.05, 3.63) is 63.1 Å². The fourth-order valence-corrected chi connectivity index (χ4v) is 2.46. The number of halogens is 4. The Balaban J connectivity index is 2.25. The van der Waals surface area contributed by atoms with E-state index in [1.165, 1.54) is 18.2 Å². The maximum atomic E-state index is 13.6. The lowest BCUT2D eigenvalue weighted by atomic mass is 10.1. The molecule has 0 saturated carbocycles. The van der Waals surface area contributed by atoms with Crippen molar-refractivity contribution in [1.82, 2.24) is 0 Å². The van der Waals surface area contributed by atoms with Crippen molar-refractivity contribution in [2.45, 2.75) is 13.0 Å². The lowest BCUT2D eigenvalue weighted by molar-refractivity contribution is 0.623. The number of nitrogens with one attached hydrogen (secondary N) is 1. The van der Waals surface area contributed by atoms with Crippen molar-refractivity contribution >= 4 is 33.2 Å². The number of hydrogen-bond donors (Lipinski definition) is 1. The zero-order chi connectivity index (χ0) is 14.0. The Hall–Kier alpha value is -1.13. The maximum absolute atomic E-state index is 13.6. The molecule has 0 aliphatic rings. The minimum absolute atomic E-state index is 0.239. The number of hydrogen-bond acceptors (Lipinski definition) is 1. The predicted octanol–water partition coefficient (Wildman–Crippen LogP) is 5.55. The minimum Gasteiger partial charge on any atom is -0.376 e. The van der Waals surface area contributed by atoms with E-state index in [-0.39, 0.29) is 11.9 Å². The van der Waals surface area contributed by atoms with Crippen molar-refractivity contribution in [1.29, 1.82) is 0 Å². The Bertz CT molecular complexity index is 604. The normalized spacial score (nSPS) is 12.3. The summed E-state index contributed by atoms with van der Waals surface area (Å²) >= 11 is 9.26. The topological polar surface area (TPSA) is 12.0 Å². The van der Waals surface area contributed by atoms with Crippen LogP contribution in [0.25, 0.3) is 0 Å². The molecule has 0 spiro atoms. The van der Waals surface area contributed by atoms with E-state index in [2.05, 4.69) is 21.2 Å². The number of benzene rings is 2. The largest absolute Gasteiger partial charge is 0.376 e. The molecule has 0 saturated heterocycles. The summed E-state index contributed by atoms with van der Waals surface area (Å²) in [6.07, 6.45) is 0. The van der Waals surface area contributed by atoms with Crippen LogP contribution >= 0.6 is 27.5 Å². The molecule has 2 rings (SSSR count). The lowest BCUT2D eigenvalue weighted by Gasteiger charge is -2.17. The summed E-state index contributed by atoms with van der Waals surface area (Å²) in [7, 11) is 0. The van der Waals surface area contributed by atoms with Crippen LogP contribution in [0.4, 0.5) is 14.5 Å². The zero-order valence-corrected chi connectivity index (χ0v) is 12.4. The summed E-state index contributed by atoms with van der Waals surface area (Å²) in [6, 6.07) is 8.55. The van der Waals surface area contributed by atoms with E-state index < -0.39 is 5.82 Å². The average Bonchev–Trinajstić information content (AvgIpc) is 2.33. The van der Waals surface area contributed by atoms with Crippen molar-refractivity contribution in [2.24, 2.45) is 0 Å². The molecule has 0 radical (unpaired) electrons. The van der Waals surface area contributed by atoms with Gasteiger partial charge in [0.1, 0.15) is 11.6 Å². The summed E-state index contributed by atoms with van der Waals surface area (Å²) < 4.78 is 27.4. The van der Waals surface area contributed by atoms with E-state index in [1.807, 2.05) is 6.92 Å². The zero-order valence-electron chi connectivity index (χ0n) is 10.1. The van der Waals surface area contributed by atoms with Crippen LogP contribution in [0.15, 0.2) is 40.9 Å². The SMILES string of the molecule is CC(Nc1cc(Br)ccc1F)c1ccc(F)cc1Cl. The second kappa shape index (κ2) is 5.88. The Labute approximate surface area is 123 Å². The third-order valence-corrected chi connectivity index (χ3v) is 3.55. The van der Waals surface area contributed by atoms with Gasteiger partial charge in [-0.05, 0) is 42.8 Å². The highest BCUT2D eigenvalue weighted by Gasteiger charge is 2.12. The van der Waals surface area contributed by atoms with Gasteiger partial charge in [-0.3, -0.25) is 0 Å². The van der Waals surface area contributed by atoms with Crippen LogP contribution in [-0.2, 0) is 0 Å². The number of anilines is 1. The molecule has 5 heteroatoms. The molecule has 0 aromatic heterocycles. The first kappa shape index (κ1) is 14.3. The molecule has 0 bridgehead atoms. The summed E-state index contributed by atoms with van der Waals surface area (Å²) in [4.78, 5) is 0. The Morgan fingerprint density at radius 1 is 1.16 bits per heavy atom. The smallest absolute Gasteiger partial charge is 0.146 e. The summed E-state index contributed by atoms with van der Waals surface area (Å²) in [6.45, 7) is 1.83. The molecule has 0 aliphatic carbocycles. The van der Waals surface area contributed by atoms with Crippen molar-refractivity contribution < 1.29 is 8.78 Å². The third kappa shape index (κ3) is 3.45. The molecule has 1 atom stereocenters. The Morgan fingerprint density at radius 3 is 2.58 bits per heavy atom. The molecular formula is C14H11BrClF2N. The van der Waals surface area contributed by atoms with Gasteiger partial charge >= 0.3 is 0 Å². The first-order chi connectivity index (χ1) is 8.97. The molecular weight excluding hydrogens is 336 g/mol. The maximum Gasteiger partial charge on any atom is 0.146 e. The average molecular weight is 347 g/mol. The molecule has 0 fully saturated rings. The Kier molecular flexibility index (Phi) is 4.42. The first-order valence-electron chi connectivity index (χ1n) is 5.64. The van der Waals surface area contributed by atoms with Crippen LogP contribution in [0.3, 0.4) is 0 Å². The van der Waals surface area contributed by atoms with Gasteiger partial charge in [-0.1, -0.05) is 33.6 Å². The lowest BCUT2D eigenvalue weighted by Crippen LogP contribution is -2.08. The molecule has 1 nitrogen and oxygen atoms in total. The molecule has 2 aromatic carbocycles. The van der Waals surface area contributed by atoms with Crippen molar-refractivity contribution in [2.75, 3.05) is 5.32 Å². The standard InChI is InChI=1S/C14H11BrClF2N/c1-8(11-4-3-10(17)7-12(11)16)19-14-6-9(15)2-5-13(14)18/h2-8,19H,1H3. The second-order valence-electron chi connectivity index (χ2n) is 4.16. The number of rotatable bonds is 3. The van der Waals surface area contributed by atoms with Gasteiger partial charge in [0.15, 0.2) is 0 Å². The van der Waals surface area contributed by atoms with E-state index in [0.29, 0.717) is 16.3 Å². The first-order valence-corrected chi connectivity index (χ1v) is 6.81. The molecule has 0 aliphatic heterocycles. The molecule has 1 N–H and O–H groups in total. The molecule has 2 aromatic rings. The molecule has 0 amide bonds. The highest BCUT2D eigenvalue weighted by atomic mass is 79.9. The van der Waals surface area contributed by atoms with Gasteiger partial charge in [0.25, 0.3) is 0 Å². The van der Waals surface area contributed by atoms with E-state index in [0.717, 1.165) is 4.47 Å². The van der Waals surface area contributed by atoms with Gasteiger partial charge < -0.3 is 5.32 Å². The van der Waals surface area contributed by atoms with Gasteiger partial charge in [-0.15, -0.1) is 0 Å². The fourth-order valence-electron chi connectivity index (χ4n) is 1.77. The van der Waals surface area contributed by atoms with Crippen molar-refractivity contribution in [3.8, 4) is 0 Å². The molecule has 19 heavy (non-hydrogen) atoms. The van der Waals surface area contributed by atoms with Crippen LogP contribution in [0.2, 0.25) is 5.02 Å². The van der Waals surface area contributed by atoms with Gasteiger partial charge in [-0.2, -0.15) is 0 Å². The van der Waals surface area contributed by atoms with Gasteiger partial charge in [0.05, 0.1) is 11.7 Å². The quantitative estimate of drug-likeness (QED) is 0.768. The van der Waals surface area contributed by atoms with Gasteiger partial charge in [0, 0.05) is 9.50 Å². The Morgan fingerprint density at radius 2 is 1.89 bits per heavy atom. The highest BCUT2D eigenvalue weighted by Crippen LogP contribution is 2.28. The molecule has 0 heterocycles. The van der Waals surface area contributed by atoms with Crippen LogP contribution in [0.5, 0.6) is 0 Å². The van der Waals surface area contributed by atoms with E-state index in [4.69, 9.17) is 11.6 Å². The second-order valence-corrected chi connectivity index (χ2v) is 5.48. The van der Waals surface area contributed by atoms with Crippen LogP contribution in [0, 0.1) is 11.6 Å². The van der Waals surface area contributed by atoms with E-state index in [9.17, 15) is 8.78 Å². The van der Waals surface area contributed by atoms with Gasteiger partial charge in [0.2, 0.25) is 0 Å². The predicted molar refractivity (Wildman–Crippen MR) is 77.5 cm³/mol. The highest BCUT2D eigenvalue weighted by molar-refractivity contribution is 9.10. The third-order valence-electron chi connectivity index (χ3n) is 2.73. The van der Waals surface area contributed by atoms with Gasteiger partial charge in [-0.25, -0.2) is 8.78 Å². The summed E-state index contributed by atoms with van der Waals surface area (Å²) in [5.74, 6) is -0.747. The summed E-state index contributed by atoms with van der Waals surface area (Å²) in [5, 5.41) is 3.33. The minimum atomic E-state index is -0.394. The molecule has 100 valence electrons. The van der Waals surface area contributed by atoms with E-state index >= 15 is 0 Å². The molecule has 1 unspecified atom stereocenters. The van der Waals surface area contributed by atoms with Crippen LogP contribution in [0.1, 0.15) is 18.5 Å².